The van der Waals surface area contributed by atoms with E-state index in [4.69, 9.17) is 9.47 Å². The summed E-state index contributed by atoms with van der Waals surface area (Å²) in [5, 5.41) is 0. The van der Waals surface area contributed by atoms with E-state index in [1.54, 1.807) is 0 Å². The Labute approximate surface area is 252 Å². The van der Waals surface area contributed by atoms with Crippen LogP contribution in [-0.4, -0.2) is 21.9 Å². The Kier molecular flexibility index (Phi) is 8.01. The van der Waals surface area contributed by atoms with Gasteiger partial charge in [0.2, 0.25) is 0 Å². The van der Waals surface area contributed by atoms with E-state index >= 15 is 0 Å². The van der Waals surface area contributed by atoms with Gasteiger partial charge in [-0.1, -0.05) is 98.3 Å². The number of nitrogens with one attached hydrogen (secondary N) is 2. The van der Waals surface area contributed by atoms with E-state index in [2.05, 4.69) is 29.0 Å². The number of fused-ring (bicyclic) bond motifs is 3. The smallest absolute Gasteiger partial charge is 0.355 e. The number of aromatic nitrogens is 2. The van der Waals surface area contributed by atoms with Gasteiger partial charge in [0.1, 0.15) is 24.6 Å². The molecule has 6 rings (SSSR count). The van der Waals surface area contributed by atoms with Crippen LogP contribution < -0.4 is 0 Å². The largest absolute Gasteiger partial charge is 0.456 e. The molecule has 5 aromatic rings. The minimum Gasteiger partial charge on any atom is -0.456 e. The summed E-state index contributed by atoms with van der Waals surface area (Å²) in [6.07, 6.45) is 2.86. The van der Waals surface area contributed by atoms with Gasteiger partial charge < -0.3 is 19.4 Å². The van der Waals surface area contributed by atoms with Crippen LogP contribution in [0.4, 0.5) is 0 Å². The first-order chi connectivity index (χ1) is 21.0. The van der Waals surface area contributed by atoms with Gasteiger partial charge in [0.25, 0.3) is 0 Å². The topological polar surface area (TPSA) is 84.2 Å². The van der Waals surface area contributed by atoms with Gasteiger partial charge in [-0.3, -0.25) is 0 Å². The summed E-state index contributed by atoms with van der Waals surface area (Å²) >= 11 is 0. The normalized spacial score (nSPS) is 13.4. The molecule has 0 bridgehead atoms. The highest BCUT2D eigenvalue weighted by Crippen LogP contribution is 2.51. The fraction of sp³-hybridized carbons (Fsp3) is 0.243. The molecule has 0 aliphatic heterocycles. The van der Waals surface area contributed by atoms with Crippen molar-refractivity contribution in [3.63, 3.8) is 0 Å². The number of carbonyl (C=O) groups excluding carboxylic acids is 2. The number of rotatable bonds is 10. The van der Waals surface area contributed by atoms with Crippen LogP contribution >= 0.6 is 0 Å². The molecule has 0 fully saturated rings. The van der Waals surface area contributed by atoms with Crippen molar-refractivity contribution in [2.24, 2.45) is 0 Å². The van der Waals surface area contributed by atoms with Crippen molar-refractivity contribution in [2.45, 2.75) is 59.2 Å². The zero-order valence-corrected chi connectivity index (χ0v) is 24.8. The number of hydrogen-bond acceptors (Lipinski definition) is 4. The average Bonchev–Trinajstić information content (AvgIpc) is 3.66. The molecule has 1 aliphatic rings. The maximum absolute atomic E-state index is 13.4. The molecule has 0 radical (unpaired) electrons. The van der Waals surface area contributed by atoms with E-state index in [9.17, 15) is 9.59 Å². The minimum atomic E-state index is -0.383. The van der Waals surface area contributed by atoms with Crippen molar-refractivity contribution in [1.82, 2.24) is 9.97 Å². The Hall–Kier alpha value is -4.84. The first kappa shape index (κ1) is 28.3. The van der Waals surface area contributed by atoms with Gasteiger partial charge >= 0.3 is 11.9 Å². The molecule has 2 heterocycles. The lowest BCUT2D eigenvalue weighted by molar-refractivity contribution is 0.0457. The molecule has 6 nitrogen and oxygen atoms in total. The molecule has 0 spiro atoms. The van der Waals surface area contributed by atoms with Crippen LogP contribution in [0.15, 0.2) is 84.9 Å². The highest BCUT2D eigenvalue weighted by atomic mass is 16.5. The molecule has 6 heteroatoms. The third-order valence-electron chi connectivity index (χ3n) is 8.42. The van der Waals surface area contributed by atoms with Crippen LogP contribution in [0, 0.1) is 13.8 Å². The molecule has 0 amide bonds. The van der Waals surface area contributed by atoms with Gasteiger partial charge in [0.15, 0.2) is 0 Å². The molecular weight excluding hydrogens is 536 g/mol. The number of ether oxygens (including phenoxy) is 2. The Bertz CT molecular complexity index is 1770. The van der Waals surface area contributed by atoms with Crippen molar-refractivity contribution >= 4 is 11.9 Å². The van der Waals surface area contributed by atoms with Crippen LogP contribution in [-0.2, 0) is 29.1 Å². The monoisotopic (exact) mass is 572 g/mol. The van der Waals surface area contributed by atoms with Crippen LogP contribution in [0.25, 0.3) is 11.1 Å². The molecule has 218 valence electrons. The summed E-state index contributed by atoms with van der Waals surface area (Å²) in [5.41, 5.74) is 10.9. The fourth-order valence-corrected chi connectivity index (χ4v) is 6.19. The lowest BCUT2D eigenvalue weighted by Crippen LogP contribution is -2.10. The summed E-state index contributed by atoms with van der Waals surface area (Å²) in [6, 6.07) is 27.7. The molecular formula is C37H36N2O4. The predicted molar refractivity (Wildman–Crippen MR) is 167 cm³/mol. The van der Waals surface area contributed by atoms with Crippen molar-refractivity contribution in [2.75, 3.05) is 0 Å². The quantitative estimate of drug-likeness (QED) is 0.162. The zero-order valence-electron chi connectivity index (χ0n) is 24.8. The molecule has 2 N–H and O–H groups in total. The van der Waals surface area contributed by atoms with Crippen molar-refractivity contribution in [3.8, 4) is 11.1 Å². The second-order valence-electron chi connectivity index (χ2n) is 11.2. The van der Waals surface area contributed by atoms with Crippen LogP contribution in [0.1, 0.15) is 91.4 Å². The lowest BCUT2D eigenvalue weighted by atomic mass is 9.91. The molecule has 1 aliphatic carbocycles. The number of esters is 2. The van der Waals surface area contributed by atoms with E-state index in [1.165, 1.54) is 0 Å². The van der Waals surface area contributed by atoms with E-state index in [0.29, 0.717) is 11.4 Å². The maximum Gasteiger partial charge on any atom is 0.355 e. The predicted octanol–water partition coefficient (Wildman–Crippen LogP) is 8.18. The first-order valence-electron chi connectivity index (χ1n) is 14.9. The van der Waals surface area contributed by atoms with Gasteiger partial charge in [0, 0.05) is 17.0 Å². The summed E-state index contributed by atoms with van der Waals surface area (Å²) in [6.45, 7) is 6.55. The van der Waals surface area contributed by atoms with E-state index in [0.717, 1.165) is 75.2 Å². The lowest BCUT2D eigenvalue weighted by Gasteiger charge is -2.15. The van der Waals surface area contributed by atoms with Gasteiger partial charge in [-0.2, -0.15) is 0 Å². The van der Waals surface area contributed by atoms with E-state index in [1.807, 2.05) is 86.6 Å². The third kappa shape index (κ3) is 5.41. The van der Waals surface area contributed by atoms with Crippen LogP contribution in [0.2, 0.25) is 0 Å². The van der Waals surface area contributed by atoms with Crippen molar-refractivity contribution < 1.29 is 19.1 Å². The highest BCUT2D eigenvalue weighted by molar-refractivity contribution is 5.95. The van der Waals surface area contributed by atoms with Crippen molar-refractivity contribution in [1.29, 1.82) is 0 Å². The maximum atomic E-state index is 13.4. The van der Waals surface area contributed by atoms with Gasteiger partial charge in [-0.05, 0) is 65.6 Å². The number of unbranched alkanes of at least 4 members (excludes halogenated alkanes) is 1. The molecule has 1 atom stereocenters. The Balaban J connectivity index is 1.38. The van der Waals surface area contributed by atoms with Gasteiger partial charge in [-0.15, -0.1) is 0 Å². The number of H-pyrrole nitrogens is 2. The van der Waals surface area contributed by atoms with Gasteiger partial charge in [0.05, 0.1) is 5.92 Å². The summed E-state index contributed by atoms with van der Waals surface area (Å²) in [7, 11) is 0. The minimum absolute atomic E-state index is 0.193. The summed E-state index contributed by atoms with van der Waals surface area (Å²) in [4.78, 5) is 33.7. The third-order valence-corrected chi connectivity index (χ3v) is 8.42. The first-order valence-corrected chi connectivity index (χ1v) is 14.9. The number of aromatic amines is 2. The Morgan fingerprint density at radius 2 is 1.23 bits per heavy atom. The standard InChI is InChI=1S/C37H36N2O4/c1-4-5-18-27-23(2)32(36(40)42-21-25-14-8-6-9-15-25)38-34(27)31-29-20-13-12-19-28(29)30-24(3)33(39-35(30)31)37(41)43-22-26-16-10-7-11-17-26/h6-17,19-20,31,38-39H,4-5,18,21-22H2,1-3H3. The highest BCUT2D eigenvalue weighted by Gasteiger charge is 2.38. The number of benzene rings is 3. The van der Waals surface area contributed by atoms with Crippen LogP contribution in [0.3, 0.4) is 0 Å². The van der Waals surface area contributed by atoms with Gasteiger partial charge in [-0.25, -0.2) is 9.59 Å². The van der Waals surface area contributed by atoms with E-state index in [-0.39, 0.29) is 31.1 Å². The Morgan fingerprint density at radius 1 is 0.698 bits per heavy atom. The molecule has 0 saturated heterocycles. The summed E-state index contributed by atoms with van der Waals surface area (Å²) < 4.78 is 11.5. The fourth-order valence-electron chi connectivity index (χ4n) is 6.19. The summed E-state index contributed by atoms with van der Waals surface area (Å²) in [5.74, 6) is -0.947. The molecule has 43 heavy (non-hydrogen) atoms. The Morgan fingerprint density at radius 3 is 1.84 bits per heavy atom. The molecule has 1 unspecified atom stereocenters. The average molecular weight is 573 g/mol. The SMILES string of the molecule is CCCCc1c(C2c3ccccc3-c3c2[nH]c(C(=O)OCc2ccccc2)c3C)[nH]c(C(=O)OCc2ccccc2)c1C. The number of hydrogen-bond donors (Lipinski definition) is 2. The molecule has 2 aromatic heterocycles. The van der Waals surface area contributed by atoms with Crippen molar-refractivity contribution in [3.05, 3.63) is 141 Å². The van der Waals surface area contributed by atoms with E-state index < -0.39 is 0 Å². The molecule has 0 saturated carbocycles. The second kappa shape index (κ2) is 12.2. The second-order valence-corrected chi connectivity index (χ2v) is 11.2. The zero-order chi connectivity index (χ0) is 29.9. The number of carbonyl (C=O) groups is 2. The molecule has 3 aromatic carbocycles. The van der Waals surface area contributed by atoms with Crippen LogP contribution in [0.5, 0.6) is 0 Å².